The Morgan fingerprint density at radius 1 is 0.963 bits per heavy atom. The quantitative estimate of drug-likeness (QED) is 0.507. The first-order chi connectivity index (χ1) is 11.9. The molecule has 0 atom stereocenters. The molecule has 15 heteroatoms. The summed E-state index contributed by atoms with van der Waals surface area (Å²) in [5.41, 5.74) is 1.45. The third kappa shape index (κ3) is 8.34. The zero-order valence-corrected chi connectivity index (χ0v) is 17.0. The van der Waals surface area contributed by atoms with Crippen molar-refractivity contribution >= 4 is 33.2 Å². The van der Waals surface area contributed by atoms with Crippen LogP contribution in [-0.2, 0) is 0 Å². The number of benzene rings is 1. The van der Waals surface area contributed by atoms with Gasteiger partial charge in [-0.15, -0.1) is 5.10 Å². The Kier molecular flexibility index (Phi) is 6.20. The SMILES string of the molecule is CN(C)[PH+](N(C)C)N(C)C(=O)n1nnc2ccccc21.F[P-](F)(F)(F)(F)F. The topological polar surface area (TPSA) is 57.5 Å². The van der Waals surface area contributed by atoms with Gasteiger partial charge in [-0.3, -0.25) is 0 Å². The Hall–Kier alpha value is -1.55. The molecule has 0 aliphatic carbocycles. The predicted molar refractivity (Wildman–Crippen MR) is 95.3 cm³/mol. The van der Waals surface area contributed by atoms with Crippen LogP contribution in [0.1, 0.15) is 0 Å². The van der Waals surface area contributed by atoms with Gasteiger partial charge in [0.25, 0.3) is 0 Å². The number of halogens is 6. The van der Waals surface area contributed by atoms with E-state index in [1.165, 1.54) is 4.68 Å². The Morgan fingerprint density at radius 2 is 1.41 bits per heavy atom. The average molecular weight is 440 g/mol. The van der Waals surface area contributed by atoms with Gasteiger partial charge in [0.1, 0.15) is 5.52 Å². The fourth-order valence-corrected chi connectivity index (χ4v) is 4.50. The van der Waals surface area contributed by atoms with E-state index >= 15 is 0 Å². The molecule has 2 aromatic rings. The standard InChI is InChI=1S/C12H19N6OP.F6P/c1-15(2)20(16(3)4)17(5)12(19)18-11-9-7-6-8-10(11)13-14-18;1-7(2,3,4,5)6/h6-9H,1-5H3;/q;-1/p+1. The number of aromatic nitrogens is 3. The van der Waals surface area contributed by atoms with Gasteiger partial charge in [0.2, 0.25) is 8.37 Å². The minimum absolute atomic E-state index is 0.171. The molecule has 0 saturated heterocycles. The Morgan fingerprint density at radius 3 is 1.85 bits per heavy atom. The van der Waals surface area contributed by atoms with Crippen molar-refractivity contribution in [1.29, 1.82) is 0 Å². The van der Waals surface area contributed by atoms with Gasteiger partial charge in [-0.2, -0.15) is 18.7 Å². The molecule has 7 nitrogen and oxygen atoms in total. The van der Waals surface area contributed by atoms with Gasteiger partial charge >= 0.3 is 39.0 Å². The fraction of sp³-hybridized carbons (Fsp3) is 0.417. The molecule has 0 aliphatic rings. The molecule has 0 bridgehead atoms. The van der Waals surface area contributed by atoms with E-state index in [1.54, 1.807) is 11.7 Å². The third-order valence-corrected chi connectivity index (χ3v) is 5.31. The molecule has 2 rings (SSSR count). The summed E-state index contributed by atoms with van der Waals surface area (Å²) in [4.78, 5) is 12.6. The second-order valence-electron chi connectivity index (χ2n) is 5.88. The van der Waals surface area contributed by atoms with Crippen LogP contribution in [0.2, 0.25) is 0 Å². The van der Waals surface area contributed by atoms with Crippen LogP contribution in [0, 0.1) is 0 Å². The van der Waals surface area contributed by atoms with Gasteiger partial charge in [0.05, 0.1) is 12.6 Å². The molecule has 0 N–H and O–H groups in total. The van der Waals surface area contributed by atoms with E-state index in [2.05, 4.69) is 19.7 Å². The average Bonchev–Trinajstić information content (AvgIpc) is 2.86. The van der Waals surface area contributed by atoms with E-state index in [4.69, 9.17) is 0 Å². The molecule has 1 amide bonds. The normalized spacial score (nSPS) is 14.7. The molecular formula is C12H20F6N6OP2. The predicted octanol–water partition coefficient (Wildman–Crippen LogP) is 4.80. The van der Waals surface area contributed by atoms with Crippen molar-refractivity contribution in [2.75, 3.05) is 35.2 Å². The van der Waals surface area contributed by atoms with Crippen LogP contribution in [0.5, 0.6) is 0 Å². The first kappa shape index (κ1) is 23.5. The van der Waals surface area contributed by atoms with Crippen molar-refractivity contribution in [3.8, 4) is 0 Å². The molecule has 1 aromatic carbocycles. The molecule has 0 saturated carbocycles. The second kappa shape index (κ2) is 7.12. The first-order valence-electron chi connectivity index (χ1n) is 7.25. The number of carbonyl (C=O) groups excluding carboxylic acids is 1. The van der Waals surface area contributed by atoms with E-state index in [1.807, 2.05) is 52.5 Å². The van der Waals surface area contributed by atoms with Crippen LogP contribution >= 0.6 is 16.2 Å². The summed E-state index contributed by atoms with van der Waals surface area (Å²) >= 11 is 0. The summed E-state index contributed by atoms with van der Waals surface area (Å²) in [6, 6.07) is 7.27. The zero-order chi connectivity index (χ0) is 21.3. The molecule has 156 valence electrons. The maximum atomic E-state index is 12.6. The zero-order valence-electron chi connectivity index (χ0n) is 15.1. The van der Waals surface area contributed by atoms with Crippen LogP contribution in [0.3, 0.4) is 0 Å². The summed E-state index contributed by atoms with van der Waals surface area (Å²) in [6.45, 7) is 0. The third-order valence-electron chi connectivity index (χ3n) is 2.92. The van der Waals surface area contributed by atoms with Crippen molar-refractivity contribution in [3.05, 3.63) is 24.3 Å². The molecule has 1 aromatic heterocycles. The van der Waals surface area contributed by atoms with Crippen molar-refractivity contribution in [2.24, 2.45) is 0 Å². The van der Waals surface area contributed by atoms with Gasteiger partial charge in [0.15, 0.2) is 0 Å². The van der Waals surface area contributed by atoms with Crippen molar-refractivity contribution in [3.63, 3.8) is 0 Å². The van der Waals surface area contributed by atoms with Gasteiger partial charge in [-0.1, -0.05) is 17.3 Å². The van der Waals surface area contributed by atoms with E-state index in [9.17, 15) is 30.0 Å². The van der Waals surface area contributed by atoms with Crippen LogP contribution in [-0.4, -0.2) is 70.3 Å². The molecule has 27 heavy (non-hydrogen) atoms. The number of fused-ring (bicyclic) bond motifs is 1. The first-order valence-corrected chi connectivity index (χ1v) is 10.6. The van der Waals surface area contributed by atoms with E-state index in [0.717, 1.165) is 11.0 Å². The van der Waals surface area contributed by atoms with Crippen LogP contribution in [0.25, 0.3) is 11.0 Å². The molecule has 0 fully saturated rings. The number of rotatable bonds is 3. The van der Waals surface area contributed by atoms with Gasteiger partial charge in [-0.25, -0.2) is 4.79 Å². The number of carbonyl (C=O) groups is 1. The fourth-order valence-electron chi connectivity index (χ4n) is 2.24. The Balaban J connectivity index is 0.000000445. The summed E-state index contributed by atoms with van der Waals surface area (Å²) in [7, 11) is -2.27. The molecule has 0 radical (unpaired) electrons. The number of amides is 1. The molecule has 0 unspecified atom stereocenters. The Labute approximate surface area is 152 Å². The summed E-state index contributed by atoms with van der Waals surface area (Å²) in [6.07, 6.45) is 0. The summed E-state index contributed by atoms with van der Waals surface area (Å²) < 4.78 is 66.4. The molecule has 0 spiro atoms. The van der Waals surface area contributed by atoms with Crippen LogP contribution < -0.4 is 0 Å². The van der Waals surface area contributed by atoms with E-state index in [0.29, 0.717) is 0 Å². The summed E-state index contributed by atoms with van der Waals surface area (Å²) in [5, 5.41) is 7.99. The van der Waals surface area contributed by atoms with Crippen LogP contribution in [0.4, 0.5) is 30.0 Å². The van der Waals surface area contributed by atoms with Gasteiger partial charge in [0, 0.05) is 28.2 Å². The van der Waals surface area contributed by atoms with Crippen molar-refractivity contribution < 1.29 is 30.0 Å². The number of hydrogen-bond donors (Lipinski definition) is 0. The minimum atomic E-state index is -10.7. The Bertz CT molecular complexity index is 790. The summed E-state index contributed by atoms with van der Waals surface area (Å²) in [5.74, 6) is 0. The molecular weight excluding hydrogens is 420 g/mol. The number of hydrogen-bond acceptors (Lipinski definition) is 5. The van der Waals surface area contributed by atoms with Gasteiger partial charge < -0.3 is 0 Å². The van der Waals surface area contributed by atoms with E-state index < -0.39 is 16.2 Å². The van der Waals surface area contributed by atoms with E-state index in [-0.39, 0.29) is 6.03 Å². The van der Waals surface area contributed by atoms with Crippen molar-refractivity contribution in [2.45, 2.75) is 0 Å². The second-order valence-corrected chi connectivity index (χ2v) is 10.9. The van der Waals surface area contributed by atoms with Gasteiger partial charge in [-0.05, 0) is 12.1 Å². The van der Waals surface area contributed by atoms with Crippen LogP contribution in [0.15, 0.2) is 24.3 Å². The van der Waals surface area contributed by atoms with Crippen molar-refractivity contribution in [1.82, 2.24) is 29.0 Å². The maximum absolute atomic E-state index is 12.6. The molecule has 1 heterocycles. The molecule has 0 aliphatic heterocycles. The number of para-hydroxylation sites is 1. The monoisotopic (exact) mass is 440 g/mol. The number of nitrogens with zero attached hydrogens (tertiary/aromatic N) is 6.